The van der Waals surface area contributed by atoms with E-state index in [2.05, 4.69) is 5.32 Å². The zero-order valence-electron chi connectivity index (χ0n) is 11.4. The standard InChI is InChI=1S/C15H15FN2O3/c1-21-14-5-2-10(17)6-9(14)8-18-15(20)12-4-3-11(19)7-13(12)16/h2-7,19H,8,17H2,1H3,(H,18,20). The van der Waals surface area contributed by atoms with Crippen LogP contribution in [0.5, 0.6) is 11.5 Å². The molecule has 2 aromatic rings. The van der Waals surface area contributed by atoms with E-state index in [0.29, 0.717) is 17.0 Å². The summed E-state index contributed by atoms with van der Waals surface area (Å²) in [7, 11) is 1.51. The molecule has 0 aliphatic heterocycles. The van der Waals surface area contributed by atoms with Gasteiger partial charge in [0.1, 0.15) is 17.3 Å². The zero-order chi connectivity index (χ0) is 15.4. The summed E-state index contributed by atoms with van der Waals surface area (Å²) in [5.41, 5.74) is 6.76. The highest BCUT2D eigenvalue weighted by atomic mass is 19.1. The molecule has 0 fully saturated rings. The van der Waals surface area contributed by atoms with Gasteiger partial charge in [0, 0.05) is 23.9 Å². The number of halogens is 1. The lowest BCUT2D eigenvalue weighted by molar-refractivity contribution is 0.0946. The smallest absolute Gasteiger partial charge is 0.254 e. The van der Waals surface area contributed by atoms with E-state index in [9.17, 15) is 9.18 Å². The van der Waals surface area contributed by atoms with Gasteiger partial charge in [0.2, 0.25) is 0 Å². The van der Waals surface area contributed by atoms with Crippen LogP contribution in [0.15, 0.2) is 36.4 Å². The van der Waals surface area contributed by atoms with Crippen LogP contribution in [0.25, 0.3) is 0 Å². The Morgan fingerprint density at radius 3 is 2.76 bits per heavy atom. The highest BCUT2D eigenvalue weighted by Gasteiger charge is 2.13. The zero-order valence-corrected chi connectivity index (χ0v) is 11.4. The van der Waals surface area contributed by atoms with Crippen molar-refractivity contribution in [2.45, 2.75) is 6.54 Å². The number of carbonyl (C=O) groups excluding carboxylic acids is 1. The molecule has 0 radical (unpaired) electrons. The van der Waals surface area contributed by atoms with Gasteiger partial charge in [-0.3, -0.25) is 4.79 Å². The SMILES string of the molecule is COc1ccc(N)cc1CNC(=O)c1ccc(O)cc1F. The number of carbonyl (C=O) groups is 1. The normalized spacial score (nSPS) is 10.2. The Balaban J connectivity index is 2.12. The second-order valence-electron chi connectivity index (χ2n) is 4.42. The molecule has 0 saturated carbocycles. The van der Waals surface area contributed by atoms with Gasteiger partial charge in [-0.15, -0.1) is 0 Å². The summed E-state index contributed by atoms with van der Waals surface area (Å²) < 4.78 is 18.7. The van der Waals surface area contributed by atoms with Crippen molar-refractivity contribution in [1.82, 2.24) is 5.32 Å². The fourth-order valence-corrected chi connectivity index (χ4v) is 1.90. The summed E-state index contributed by atoms with van der Waals surface area (Å²) in [6, 6.07) is 8.40. The third-order valence-corrected chi connectivity index (χ3v) is 2.94. The first-order chi connectivity index (χ1) is 10.0. The number of anilines is 1. The van der Waals surface area contributed by atoms with Crippen LogP contribution in [0, 0.1) is 5.82 Å². The molecule has 0 heterocycles. The minimum Gasteiger partial charge on any atom is -0.508 e. The Morgan fingerprint density at radius 2 is 2.10 bits per heavy atom. The predicted octanol–water partition coefficient (Wildman–Crippen LogP) is 2.05. The van der Waals surface area contributed by atoms with Gasteiger partial charge in [-0.1, -0.05) is 0 Å². The Morgan fingerprint density at radius 1 is 1.33 bits per heavy atom. The van der Waals surface area contributed by atoms with Crippen molar-refractivity contribution in [3.63, 3.8) is 0 Å². The highest BCUT2D eigenvalue weighted by Crippen LogP contribution is 2.21. The number of methoxy groups -OCH3 is 1. The monoisotopic (exact) mass is 290 g/mol. The number of hydrogen-bond donors (Lipinski definition) is 3. The van der Waals surface area contributed by atoms with Crippen molar-refractivity contribution in [2.75, 3.05) is 12.8 Å². The molecular formula is C15H15FN2O3. The second-order valence-corrected chi connectivity index (χ2v) is 4.42. The van der Waals surface area contributed by atoms with E-state index in [1.807, 2.05) is 0 Å². The molecule has 21 heavy (non-hydrogen) atoms. The van der Waals surface area contributed by atoms with Crippen molar-refractivity contribution in [3.05, 3.63) is 53.3 Å². The number of hydrogen-bond acceptors (Lipinski definition) is 4. The molecule has 0 aliphatic carbocycles. The largest absolute Gasteiger partial charge is 0.508 e. The highest BCUT2D eigenvalue weighted by molar-refractivity contribution is 5.94. The summed E-state index contributed by atoms with van der Waals surface area (Å²) >= 11 is 0. The summed E-state index contributed by atoms with van der Waals surface area (Å²) in [5, 5.41) is 11.7. The molecule has 5 nitrogen and oxygen atoms in total. The van der Waals surface area contributed by atoms with Crippen LogP contribution in [0.2, 0.25) is 0 Å². The molecule has 0 saturated heterocycles. The molecule has 2 aromatic carbocycles. The van der Waals surface area contributed by atoms with E-state index < -0.39 is 11.7 Å². The Kier molecular flexibility index (Phi) is 4.27. The average Bonchev–Trinajstić information content (AvgIpc) is 2.45. The topological polar surface area (TPSA) is 84.6 Å². The fraction of sp³-hybridized carbons (Fsp3) is 0.133. The Bertz CT molecular complexity index is 674. The van der Waals surface area contributed by atoms with Gasteiger partial charge >= 0.3 is 0 Å². The van der Waals surface area contributed by atoms with Crippen LogP contribution in [-0.2, 0) is 6.54 Å². The molecular weight excluding hydrogens is 275 g/mol. The minimum atomic E-state index is -0.785. The first kappa shape index (κ1) is 14.6. The molecule has 110 valence electrons. The van der Waals surface area contributed by atoms with Crippen molar-refractivity contribution in [3.8, 4) is 11.5 Å². The van der Waals surface area contributed by atoms with Crippen LogP contribution < -0.4 is 15.8 Å². The fourth-order valence-electron chi connectivity index (χ4n) is 1.90. The van der Waals surface area contributed by atoms with Gasteiger partial charge < -0.3 is 20.9 Å². The number of nitrogens with two attached hydrogens (primary N) is 1. The summed E-state index contributed by atoms with van der Waals surface area (Å²) in [4.78, 5) is 11.9. The number of nitrogen functional groups attached to an aromatic ring is 1. The number of ether oxygens (including phenoxy) is 1. The van der Waals surface area contributed by atoms with Crippen molar-refractivity contribution < 1.29 is 19.0 Å². The van der Waals surface area contributed by atoms with Gasteiger partial charge in [-0.2, -0.15) is 0 Å². The van der Waals surface area contributed by atoms with Crippen molar-refractivity contribution >= 4 is 11.6 Å². The lowest BCUT2D eigenvalue weighted by Crippen LogP contribution is -2.24. The second kappa shape index (κ2) is 6.13. The third kappa shape index (κ3) is 3.42. The summed E-state index contributed by atoms with van der Waals surface area (Å²) in [6.45, 7) is 0.146. The minimum absolute atomic E-state index is 0.143. The number of nitrogens with one attached hydrogen (secondary N) is 1. The maximum atomic E-state index is 13.6. The van der Waals surface area contributed by atoms with Crippen molar-refractivity contribution in [2.24, 2.45) is 0 Å². The van der Waals surface area contributed by atoms with Crippen LogP contribution in [0.1, 0.15) is 15.9 Å². The predicted molar refractivity (Wildman–Crippen MR) is 76.6 cm³/mol. The van der Waals surface area contributed by atoms with Crippen LogP contribution in [-0.4, -0.2) is 18.1 Å². The Hall–Kier alpha value is -2.76. The van der Waals surface area contributed by atoms with E-state index >= 15 is 0 Å². The number of rotatable bonds is 4. The number of amides is 1. The molecule has 0 spiro atoms. The summed E-state index contributed by atoms with van der Waals surface area (Å²) in [5.74, 6) is -1.03. The molecule has 0 aliphatic rings. The van der Waals surface area contributed by atoms with Gasteiger partial charge in [0.05, 0.1) is 12.7 Å². The van der Waals surface area contributed by atoms with Gasteiger partial charge in [-0.05, 0) is 30.3 Å². The van der Waals surface area contributed by atoms with Gasteiger partial charge in [0.15, 0.2) is 0 Å². The molecule has 1 amide bonds. The van der Waals surface area contributed by atoms with E-state index in [1.54, 1.807) is 18.2 Å². The quantitative estimate of drug-likeness (QED) is 0.752. The van der Waals surface area contributed by atoms with Crippen LogP contribution in [0.3, 0.4) is 0 Å². The maximum absolute atomic E-state index is 13.6. The number of phenolic OH excluding ortho intramolecular Hbond substituents is 1. The third-order valence-electron chi connectivity index (χ3n) is 2.94. The molecule has 4 N–H and O–H groups in total. The Labute approximate surface area is 121 Å². The molecule has 0 bridgehead atoms. The number of benzene rings is 2. The molecule has 0 unspecified atom stereocenters. The lowest BCUT2D eigenvalue weighted by Gasteiger charge is -2.11. The molecule has 2 rings (SSSR count). The van der Waals surface area contributed by atoms with Gasteiger partial charge in [-0.25, -0.2) is 4.39 Å². The molecule has 0 atom stereocenters. The van der Waals surface area contributed by atoms with E-state index in [1.165, 1.54) is 19.2 Å². The molecule has 6 heteroatoms. The first-order valence-electron chi connectivity index (χ1n) is 6.20. The average molecular weight is 290 g/mol. The van der Waals surface area contributed by atoms with E-state index in [0.717, 1.165) is 6.07 Å². The van der Waals surface area contributed by atoms with E-state index in [4.69, 9.17) is 15.6 Å². The lowest BCUT2D eigenvalue weighted by atomic mass is 10.1. The summed E-state index contributed by atoms with van der Waals surface area (Å²) in [6.07, 6.45) is 0. The first-order valence-corrected chi connectivity index (χ1v) is 6.20. The van der Waals surface area contributed by atoms with Crippen molar-refractivity contribution in [1.29, 1.82) is 0 Å². The molecule has 0 aromatic heterocycles. The van der Waals surface area contributed by atoms with Crippen LogP contribution >= 0.6 is 0 Å². The maximum Gasteiger partial charge on any atom is 0.254 e. The van der Waals surface area contributed by atoms with Crippen LogP contribution in [0.4, 0.5) is 10.1 Å². The van der Waals surface area contributed by atoms with Gasteiger partial charge in [0.25, 0.3) is 5.91 Å². The number of phenols is 1. The van der Waals surface area contributed by atoms with E-state index in [-0.39, 0.29) is 17.9 Å². The number of aromatic hydroxyl groups is 1.